The van der Waals surface area contributed by atoms with Crippen molar-refractivity contribution in [1.29, 1.82) is 0 Å². The van der Waals surface area contributed by atoms with E-state index < -0.39 is 10.0 Å². The molecule has 0 bridgehead atoms. The predicted molar refractivity (Wildman–Crippen MR) is 105 cm³/mol. The quantitative estimate of drug-likeness (QED) is 0.518. The fourth-order valence-corrected chi connectivity index (χ4v) is 4.28. The molecular formula is C18H17N3O3S2. The van der Waals surface area contributed by atoms with Crippen molar-refractivity contribution in [2.75, 3.05) is 5.32 Å². The number of fused-ring (bicyclic) bond motifs is 1. The normalized spacial score (nSPS) is 12.2. The molecule has 0 saturated carbocycles. The summed E-state index contributed by atoms with van der Waals surface area (Å²) in [6.45, 7) is 3.15. The summed E-state index contributed by atoms with van der Waals surface area (Å²) < 4.78 is 25.9. The van der Waals surface area contributed by atoms with Gasteiger partial charge in [-0.25, -0.2) is 0 Å². The highest BCUT2D eigenvalue weighted by Crippen LogP contribution is 2.26. The average Bonchev–Trinajstić information content (AvgIpc) is 3.04. The van der Waals surface area contributed by atoms with Crippen molar-refractivity contribution in [3.05, 3.63) is 59.5 Å². The van der Waals surface area contributed by atoms with Crippen molar-refractivity contribution in [3.8, 4) is 0 Å². The fourth-order valence-electron chi connectivity index (χ4n) is 2.42. The Balaban J connectivity index is 1.80. The molecule has 3 rings (SSSR count). The SMILES string of the molecule is CC(=O)Nc1ccc(S(=O)(=O)N/N=C(\C)c2csc3ccccc23)cc1. The number of rotatable bonds is 5. The second kappa shape index (κ2) is 7.27. The Kier molecular flexibility index (Phi) is 5.06. The van der Waals surface area contributed by atoms with E-state index in [2.05, 4.69) is 15.2 Å². The Morgan fingerprint density at radius 2 is 1.73 bits per heavy atom. The van der Waals surface area contributed by atoms with Crippen molar-refractivity contribution in [3.63, 3.8) is 0 Å². The third-order valence-electron chi connectivity index (χ3n) is 3.69. The van der Waals surface area contributed by atoms with Crippen LogP contribution in [0.4, 0.5) is 5.69 Å². The van der Waals surface area contributed by atoms with Gasteiger partial charge in [0.05, 0.1) is 10.6 Å². The molecule has 0 fully saturated rings. The van der Waals surface area contributed by atoms with Crippen LogP contribution in [0.5, 0.6) is 0 Å². The molecule has 3 aromatic rings. The second-order valence-electron chi connectivity index (χ2n) is 5.64. The number of amides is 1. The van der Waals surface area contributed by atoms with E-state index in [1.807, 2.05) is 29.6 Å². The Hall–Kier alpha value is -2.71. The molecule has 6 nitrogen and oxygen atoms in total. The van der Waals surface area contributed by atoms with E-state index in [0.717, 1.165) is 15.6 Å². The highest BCUT2D eigenvalue weighted by Gasteiger charge is 2.14. The first kappa shape index (κ1) is 18.1. The van der Waals surface area contributed by atoms with E-state index in [-0.39, 0.29) is 10.8 Å². The van der Waals surface area contributed by atoms with E-state index >= 15 is 0 Å². The van der Waals surface area contributed by atoms with Gasteiger partial charge >= 0.3 is 0 Å². The number of nitrogens with one attached hydrogen (secondary N) is 2. The minimum absolute atomic E-state index is 0.0679. The van der Waals surface area contributed by atoms with Crippen LogP contribution < -0.4 is 10.1 Å². The van der Waals surface area contributed by atoms with Crippen LogP contribution >= 0.6 is 11.3 Å². The first-order valence-electron chi connectivity index (χ1n) is 7.77. The summed E-state index contributed by atoms with van der Waals surface area (Å²) in [7, 11) is -3.79. The monoisotopic (exact) mass is 387 g/mol. The molecule has 1 aromatic heterocycles. The lowest BCUT2D eigenvalue weighted by atomic mass is 10.1. The third-order valence-corrected chi connectivity index (χ3v) is 5.88. The van der Waals surface area contributed by atoms with Gasteiger partial charge in [-0.05, 0) is 37.3 Å². The molecule has 2 aromatic carbocycles. The van der Waals surface area contributed by atoms with Gasteiger partial charge in [-0.1, -0.05) is 18.2 Å². The van der Waals surface area contributed by atoms with Crippen molar-refractivity contribution >= 4 is 48.8 Å². The molecule has 1 heterocycles. The molecule has 0 unspecified atom stereocenters. The smallest absolute Gasteiger partial charge is 0.276 e. The van der Waals surface area contributed by atoms with Gasteiger partial charge in [0.2, 0.25) is 5.91 Å². The molecule has 0 spiro atoms. The van der Waals surface area contributed by atoms with Crippen molar-refractivity contribution in [2.45, 2.75) is 18.7 Å². The molecule has 0 aliphatic rings. The minimum Gasteiger partial charge on any atom is -0.326 e. The largest absolute Gasteiger partial charge is 0.326 e. The summed E-state index contributed by atoms with van der Waals surface area (Å²) in [4.78, 5) is 13.4. The number of hydrazone groups is 1. The summed E-state index contributed by atoms with van der Waals surface area (Å²) in [6.07, 6.45) is 0. The van der Waals surface area contributed by atoms with Crippen LogP contribution in [0.15, 0.2) is 63.9 Å². The molecule has 8 heteroatoms. The molecule has 0 radical (unpaired) electrons. The topological polar surface area (TPSA) is 87.6 Å². The van der Waals surface area contributed by atoms with Crippen molar-refractivity contribution in [2.24, 2.45) is 5.10 Å². The number of hydrogen-bond donors (Lipinski definition) is 2. The number of nitrogens with zero attached hydrogens (tertiary/aromatic N) is 1. The summed E-state index contributed by atoms with van der Waals surface area (Å²) in [5.74, 6) is -0.220. The maximum Gasteiger partial charge on any atom is 0.276 e. The van der Waals surface area contributed by atoms with Crippen molar-refractivity contribution < 1.29 is 13.2 Å². The van der Waals surface area contributed by atoms with Gasteiger partial charge in [0, 0.05) is 33.6 Å². The zero-order valence-corrected chi connectivity index (χ0v) is 15.8. The van der Waals surface area contributed by atoms with Gasteiger partial charge in [0.15, 0.2) is 0 Å². The van der Waals surface area contributed by atoms with Gasteiger partial charge in [-0.15, -0.1) is 11.3 Å². The van der Waals surface area contributed by atoms with Gasteiger partial charge in [0.25, 0.3) is 10.0 Å². The lowest BCUT2D eigenvalue weighted by molar-refractivity contribution is -0.114. The lowest BCUT2D eigenvalue weighted by Gasteiger charge is -2.07. The molecule has 2 N–H and O–H groups in total. The average molecular weight is 387 g/mol. The summed E-state index contributed by atoms with van der Waals surface area (Å²) >= 11 is 1.59. The number of carbonyl (C=O) groups is 1. The third kappa shape index (κ3) is 3.92. The minimum atomic E-state index is -3.79. The molecule has 0 saturated heterocycles. The first-order chi connectivity index (χ1) is 12.4. The molecule has 0 aliphatic carbocycles. The van der Waals surface area contributed by atoms with Gasteiger partial charge in [-0.2, -0.15) is 18.4 Å². The second-order valence-corrected chi connectivity index (χ2v) is 8.22. The van der Waals surface area contributed by atoms with Gasteiger partial charge in [0.1, 0.15) is 0 Å². The molecule has 1 amide bonds. The zero-order chi connectivity index (χ0) is 18.7. The van der Waals surface area contributed by atoms with E-state index in [1.54, 1.807) is 18.3 Å². The number of hydrogen-bond acceptors (Lipinski definition) is 5. The number of anilines is 1. The molecular weight excluding hydrogens is 370 g/mol. The van der Waals surface area contributed by atoms with E-state index in [9.17, 15) is 13.2 Å². The van der Waals surface area contributed by atoms with Gasteiger partial charge in [-0.3, -0.25) is 4.79 Å². The number of benzene rings is 2. The molecule has 26 heavy (non-hydrogen) atoms. The maximum atomic E-state index is 12.4. The maximum absolute atomic E-state index is 12.4. The molecule has 0 aliphatic heterocycles. The highest BCUT2D eigenvalue weighted by atomic mass is 32.2. The van der Waals surface area contributed by atoms with E-state index in [1.165, 1.54) is 31.2 Å². The van der Waals surface area contributed by atoms with Crippen LogP contribution in [0, 0.1) is 0 Å². The van der Waals surface area contributed by atoms with Crippen LogP contribution in [0.3, 0.4) is 0 Å². The Morgan fingerprint density at radius 1 is 1.04 bits per heavy atom. The number of carbonyl (C=O) groups excluding carboxylic acids is 1. The summed E-state index contributed by atoms with van der Waals surface area (Å²) in [5, 5.41) is 9.64. The predicted octanol–water partition coefficient (Wildman–Crippen LogP) is 3.56. The van der Waals surface area contributed by atoms with E-state index in [4.69, 9.17) is 0 Å². The standard InChI is InChI=1S/C18H17N3O3S2/c1-12(17-11-25-18-6-4-3-5-16(17)18)20-21-26(23,24)15-9-7-14(8-10-15)19-13(2)22/h3-11,21H,1-2H3,(H,19,22)/b20-12+. The van der Waals surface area contributed by atoms with Crippen LogP contribution in [0.1, 0.15) is 19.4 Å². The Labute approximate surface area is 155 Å². The zero-order valence-electron chi connectivity index (χ0n) is 14.2. The summed E-state index contributed by atoms with van der Waals surface area (Å²) in [6, 6.07) is 13.8. The highest BCUT2D eigenvalue weighted by molar-refractivity contribution is 7.89. The Morgan fingerprint density at radius 3 is 2.42 bits per heavy atom. The number of thiophene rings is 1. The lowest BCUT2D eigenvalue weighted by Crippen LogP contribution is -2.20. The van der Waals surface area contributed by atoms with Crippen LogP contribution in [0.2, 0.25) is 0 Å². The molecule has 134 valence electrons. The fraction of sp³-hybridized carbons (Fsp3) is 0.111. The van der Waals surface area contributed by atoms with Crippen LogP contribution in [-0.2, 0) is 14.8 Å². The first-order valence-corrected chi connectivity index (χ1v) is 10.1. The summed E-state index contributed by atoms with van der Waals surface area (Å²) in [5.41, 5.74) is 2.01. The van der Waals surface area contributed by atoms with Crippen LogP contribution in [-0.4, -0.2) is 20.0 Å². The molecule has 0 atom stereocenters. The van der Waals surface area contributed by atoms with Crippen LogP contribution in [0.25, 0.3) is 10.1 Å². The van der Waals surface area contributed by atoms with E-state index in [0.29, 0.717) is 11.4 Å². The Bertz CT molecular complexity index is 1080. The van der Waals surface area contributed by atoms with Gasteiger partial charge < -0.3 is 5.32 Å². The van der Waals surface area contributed by atoms with Crippen molar-refractivity contribution in [1.82, 2.24) is 4.83 Å². The number of sulfonamides is 1.